The van der Waals surface area contributed by atoms with Crippen molar-refractivity contribution >= 4 is 12.2 Å². The highest BCUT2D eigenvalue weighted by atomic mass is 16.6. The van der Waals surface area contributed by atoms with E-state index in [0.29, 0.717) is 26.4 Å². The molecule has 0 radical (unpaired) electrons. The SMILES string of the molecule is CN1C(=O)OCC1COc1ccc(Cc2ccc(OCC3COC(=O)N3C)cc2)cc1. The van der Waals surface area contributed by atoms with Crippen LogP contribution < -0.4 is 9.47 Å². The van der Waals surface area contributed by atoms with Crippen LogP contribution in [0.4, 0.5) is 9.59 Å². The van der Waals surface area contributed by atoms with Crippen LogP contribution in [0.25, 0.3) is 0 Å². The zero-order chi connectivity index (χ0) is 21.8. The molecule has 2 atom stereocenters. The summed E-state index contributed by atoms with van der Waals surface area (Å²) < 4.78 is 21.6. The molecule has 0 spiro atoms. The lowest BCUT2D eigenvalue weighted by atomic mass is 10.0. The van der Waals surface area contributed by atoms with Crippen molar-refractivity contribution in [1.29, 1.82) is 0 Å². The molecular weight excluding hydrogens is 400 g/mol. The normalized spacial score (nSPS) is 20.6. The van der Waals surface area contributed by atoms with E-state index < -0.39 is 0 Å². The minimum Gasteiger partial charge on any atom is -0.491 e. The molecule has 0 N–H and O–H groups in total. The average Bonchev–Trinajstić information content (AvgIpc) is 3.28. The van der Waals surface area contributed by atoms with Gasteiger partial charge in [0, 0.05) is 14.1 Å². The highest BCUT2D eigenvalue weighted by Gasteiger charge is 2.30. The summed E-state index contributed by atoms with van der Waals surface area (Å²) in [6.45, 7) is 1.52. The number of carbonyl (C=O) groups excluding carboxylic acids is 2. The van der Waals surface area contributed by atoms with E-state index in [0.717, 1.165) is 17.9 Å². The molecule has 4 rings (SSSR count). The zero-order valence-corrected chi connectivity index (χ0v) is 17.7. The molecule has 2 amide bonds. The van der Waals surface area contributed by atoms with E-state index >= 15 is 0 Å². The van der Waals surface area contributed by atoms with Crippen LogP contribution in [0.15, 0.2) is 48.5 Å². The van der Waals surface area contributed by atoms with Gasteiger partial charge in [0.25, 0.3) is 0 Å². The minimum absolute atomic E-state index is 0.0602. The number of nitrogens with zero attached hydrogens (tertiary/aromatic N) is 2. The number of carbonyl (C=O) groups is 2. The summed E-state index contributed by atoms with van der Waals surface area (Å²) in [5.74, 6) is 1.53. The maximum Gasteiger partial charge on any atom is 0.410 e. The molecule has 2 heterocycles. The fraction of sp³-hybridized carbons (Fsp3) is 0.391. The quantitative estimate of drug-likeness (QED) is 0.646. The predicted octanol–water partition coefficient (Wildman–Crippen LogP) is 2.94. The van der Waals surface area contributed by atoms with Crippen molar-refractivity contribution in [2.45, 2.75) is 18.5 Å². The van der Waals surface area contributed by atoms with E-state index in [-0.39, 0.29) is 24.3 Å². The van der Waals surface area contributed by atoms with E-state index in [1.54, 1.807) is 23.9 Å². The van der Waals surface area contributed by atoms with E-state index in [9.17, 15) is 9.59 Å². The Balaban J connectivity index is 1.24. The molecule has 2 aliphatic heterocycles. The van der Waals surface area contributed by atoms with E-state index in [1.165, 1.54) is 11.1 Å². The summed E-state index contributed by atoms with van der Waals surface area (Å²) >= 11 is 0. The highest BCUT2D eigenvalue weighted by Crippen LogP contribution is 2.20. The Morgan fingerprint density at radius 1 is 0.742 bits per heavy atom. The summed E-state index contributed by atoms with van der Waals surface area (Å²) in [4.78, 5) is 25.9. The van der Waals surface area contributed by atoms with Gasteiger partial charge in [-0.1, -0.05) is 24.3 Å². The van der Waals surface area contributed by atoms with Crippen LogP contribution in [0.3, 0.4) is 0 Å². The first-order valence-corrected chi connectivity index (χ1v) is 10.2. The predicted molar refractivity (Wildman–Crippen MR) is 112 cm³/mol. The second kappa shape index (κ2) is 9.16. The van der Waals surface area contributed by atoms with Gasteiger partial charge in [-0.25, -0.2) is 9.59 Å². The van der Waals surface area contributed by atoms with Crippen LogP contribution in [0.2, 0.25) is 0 Å². The number of cyclic esters (lactones) is 2. The largest absolute Gasteiger partial charge is 0.491 e. The van der Waals surface area contributed by atoms with Crippen LogP contribution in [0.1, 0.15) is 11.1 Å². The lowest BCUT2D eigenvalue weighted by molar-refractivity contribution is 0.162. The Bertz CT molecular complexity index is 839. The van der Waals surface area contributed by atoms with E-state index in [2.05, 4.69) is 0 Å². The fourth-order valence-electron chi connectivity index (χ4n) is 3.41. The molecular formula is C23H26N2O6. The third-order valence-electron chi connectivity index (χ3n) is 5.61. The average molecular weight is 426 g/mol. The number of benzene rings is 2. The standard InChI is InChI=1S/C23H26N2O6/c1-24-18(14-30-22(24)26)12-28-20-7-3-16(4-8-20)11-17-5-9-21(10-6-17)29-13-19-15-31-23(27)25(19)2/h3-10,18-19H,11-15H2,1-2H3. The number of rotatable bonds is 8. The van der Waals surface area contributed by atoms with Crippen molar-refractivity contribution in [2.24, 2.45) is 0 Å². The Morgan fingerprint density at radius 2 is 1.13 bits per heavy atom. The summed E-state index contributed by atoms with van der Waals surface area (Å²) in [6, 6.07) is 15.8. The Morgan fingerprint density at radius 3 is 1.45 bits per heavy atom. The molecule has 8 heteroatoms. The Hall–Kier alpha value is -3.42. The molecule has 31 heavy (non-hydrogen) atoms. The van der Waals surface area contributed by atoms with Gasteiger partial charge in [0.15, 0.2) is 0 Å². The number of ether oxygens (including phenoxy) is 4. The molecule has 0 saturated carbocycles. The van der Waals surface area contributed by atoms with E-state index in [4.69, 9.17) is 18.9 Å². The molecule has 8 nitrogen and oxygen atoms in total. The summed E-state index contributed by atoms with van der Waals surface area (Å²) in [7, 11) is 3.43. The summed E-state index contributed by atoms with van der Waals surface area (Å²) in [5, 5.41) is 0. The van der Waals surface area contributed by atoms with Crippen molar-refractivity contribution < 1.29 is 28.5 Å². The fourth-order valence-corrected chi connectivity index (χ4v) is 3.41. The molecule has 164 valence electrons. The number of hydrogen-bond acceptors (Lipinski definition) is 6. The minimum atomic E-state index is -0.310. The Kier molecular flexibility index (Phi) is 6.16. The van der Waals surface area contributed by atoms with Gasteiger partial charge in [-0.05, 0) is 41.8 Å². The zero-order valence-electron chi connectivity index (χ0n) is 17.7. The van der Waals surface area contributed by atoms with Gasteiger partial charge in [0.2, 0.25) is 0 Å². The first-order chi connectivity index (χ1) is 15.0. The van der Waals surface area contributed by atoms with Crippen LogP contribution in [0, 0.1) is 0 Å². The van der Waals surface area contributed by atoms with Gasteiger partial charge < -0.3 is 28.7 Å². The van der Waals surface area contributed by atoms with Gasteiger partial charge in [0.05, 0.1) is 0 Å². The van der Waals surface area contributed by atoms with Crippen LogP contribution >= 0.6 is 0 Å². The number of amides is 2. The molecule has 0 bridgehead atoms. The topological polar surface area (TPSA) is 77.5 Å². The molecule has 0 aliphatic carbocycles. The number of hydrogen-bond donors (Lipinski definition) is 0. The van der Waals surface area contributed by atoms with Crippen LogP contribution in [-0.2, 0) is 15.9 Å². The van der Waals surface area contributed by atoms with Gasteiger partial charge in [0.1, 0.15) is 50.0 Å². The second-order valence-electron chi connectivity index (χ2n) is 7.77. The molecule has 2 aliphatic rings. The van der Waals surface area contributed by atoms with Gasteiger partial charge in [-0.3, -0.25) is 0 Å². The lowest BCUT2D eigenvalue weighted by Gasteiger charge is -2.17. The molecule has 2 aromatic carbocycles. The van der Waals surface area contributed by atoms with Gasteiger partial charge in [-0.15, -0.1) is 0 Å². The van der Waals surface area contributed by atoms with Gasteiger partial charge in [-0.2, -0.15) is 0 Å². The van der Waals surface area contributed by atoms with Crippen molar-refractivity contribution in [3.63, 3.8) is 0 Å². The smallest absolute Gasteiger partial charge is 0.410 e. The summed E-state index contributed by atoms with van der Waals surface area (Å²) in [5.41, 5.74) is 2.33. The molecule has 2 aromatic rings. The Labute approximate surface area is 181 Å². The van der Waals surface area contributed by atoms with Crippen LogP contribution in [-0.4, -0.2) is 74.6 Å². The lowest BCUT2D eigenvalue weighted by Crippen LogP contribution is -2.34. The van der Waals surface area contributed by atoms with Crippen molar-refractivity contribution in [3.05, 3.63) is 59.7 Å². The third-order valence-corrected chi connectivity index (χ3v) is 5.61. The van der Waals surface area contributed by atoms with Crippen molar-refractivity contribution in [2.75, 3.05) is 40.5 Å². The third kappa shape index (κ3) is 5.02. The monoisotopic (exact) mass is 426 g/mol. The highest BCUT2D eigenvalue weighted by molar-refractivity contribution is 5.70. The second-order valence-corrected chi connectivity index (χ2v) is 7.77. The maximum absolute atomic E-state index is 11.4. The molecule has 2 saturated heterocycles. The first kappa shape index (κ1) is 20.8. The van der Waals surface area contributed by atoms with Crippen molar-refractivity contribution in [1.82, 2.24) is 9.80 Å². The first-order valence-electron chi connectivity index (χ1n) is 10.2. The van der Waals surface area contributed by atoms with E-state index in [1.807, 2.05) is 48.5 Å². The van der Waals surface area contributed by atoms with Crippen molar-refractivity contribution in [3.8, 4) is 11.5 Å². The molecule has 2 unspecified atom stereocenters. The van der Waals surface area contributed by atoms with Gasteiger partial charge >= 0.3 is 12.2 Å². The molecule has 2 fully saturated rings. The molecule has 0 aromatic heterocycles. The maximum atomic E-state index is 11.4. The number of likely N-dealkylation sites (N-methyl/N-ethyl adjacent to an activating group) is 2. The van der Waals surface area contributed by atoms with Crippen LogP contribution in [0.5, 0.6) is 11.5 Å². The summed E-state index contributed by atoms with van der Waals surface area (Å²) in [6.07, 6.45) is 0.174.